The number of benzene rings is 1. The van der Waals surface area contributed by atoms with E-state index < -0.39 is 23.4 Å². The molecule has 8 heteroatoms. The first-order valence-electron chi connectivity index (χ1n) is 7.72. The van der Waals surface area contributed by atoms with Crippen molar-refractivity contribution in [1.82, 2.24) is 9.78 Å². The van der Waals surface area contributed by atoms with Crippen LogP contribution in [0.15, 0.2) is 24.3 Å². The lowest BCUT2D eigenvalue weighted by Crippen LogP contribution is -2.28. The predicted molar refractivity (Wildman–Crippen MR) is 88.1 cm³/mol. The summed E-state index contributed by atoms with van der Waals surface area (Å²) in [5.41, 5.74) is 5.34. The maximum atomic E-state index is 12.9. The van der Waals surface area contributed by atoms with Crippen molar-refractivity contribution < 1.29 is 22.7 Å². The minimum Gasteiger partial charge on any atom is -0.442 e. The van der Waals surface area contributed by atoms with Crippen molar-refractivity contribution in [2.75, 3.05) is 5.73 Å². The van der Waals surface area contributed by atoms with Gasteiger partial charge >= 0.3 is 12.3 Å². The first-order chi connectivity index (χ1) is 11.4. The summed E-state index contributed by atoms with van der Waals surface area (Å²) in [6, 6.07) is 4.66. The molecule has 0 radical (unpaired) electrons. The van der Waals surface area contributed by atoms with E-state index in [4.69, 9.17) is 10.5 Å². The van der Waals surface area contributed by atoms with Crippen LogP contribution >= 0.6 is 0 Å². The van der Waals surface area contributed by atoms with Crippen LogP contribution in [0.4, 0.5) is 23.7 Å². The standard InChI is InChI=1S/C17H20F3N3O2/c1-5-12-13(21)14(22-23(12)15(24)25-16(2,3)4)10-7-6-8-11(9-10)17(18,19)20/h6-9H,5,21H2,1-4H3. The second kappa shape index (κ2) is 6.42. The lowest BCUT2D eigenvalue weighted by atomic mass is 10.1. The number of rotatable bonds is 2. The number of anilines is 1. The van der Waals surface area contributed by atoms with Crippen molar-refractivity contribution in [3.05, 3.63) is 35.5 Å². The van der Waals surface area contributed by atoms with Gasteiger partial charge in [0.25, 0.3) is 0 Å². The highest BCUT2D eigenvalue weighted by atomic mass is 19.4. The van der Waals surface area contributed by atoms with Crippen LogP contribution in [-0.2, 0) is 17.3 Å². The molecule has 0 aliphatic rings. The van der Waals surface area contributed by atoms with E-state index in [2.05, 4.69) is 5.10 Å². The Kier molecular flexibility index (Phi) is 4.83. The average molecular weight is 355 g/mol. The molecule has 2 aromatic rings. The van der Waals surface area contributed by atoms with E-state index in [0.29, 0.717) is 12.1 Å². The highest BCUT2D eigenvalue weighted by Crippen LogP contribution is 2.34. The van der Waals surface area contributed by atoms with Crippen LogP contribution in [-0.4, -0.2) is 21.5 Å². The number of nitrogens with zero attached hydrogens (tertiary/aromatic N) is 2. The Morgan fingerprint density at radius 3 is 2.44 bits per heavy atom. The fourth-order valence-corrected chi connectivity index (χ4v) is 2.32. The Morgan fingerprint density at radius 1 is 1.28 bits per heavy atom. The fraction of sp³-hybridized carbons (Fsp3) is 0.412. The number of alkyl halides is 3. The first kappa shape index (κ1) is 18.8. The molecule has 1 aromatic heterocycles. The van der Waals surface area contributed by atoms with Crippen LogP contribution in [0.2, 0.25) is 0 Å². The maximum Gasteiger partial charge on any atom is 0.435 e. The topological polar surface area (TPSA) is 70.1 Å². The summed E-state index contributed by atoms with van der Waals surface area (Å²) in [5.74, 6) is 0. The summed E-state index contributed by atoms with van der Waals surface area (Å²) >= 11 is 0. The highest BCUT2D eigenvalue weighted by Gasteiger charge is 2.31. The minimum absolute atomic E-state index is 0.119. The number of aromatic nitrogens is 2. The van der Waals surface area contributed by atoms with Crippen LogP contribution in [0.5, 0.6) is 0 Å². The average Bonchev–Trinajstić information content (AvgIpc) is 2.81. The molecule has 0 aliphatic carbocycles. The van der Waals surface area contributed by atoms with Gasteiger partial charge in [0.1, 0.15) is 11.3 Å². The van der Waals surface area contributed by atoms with E-state index in [1.807, 2.05) is 0 Å². The lowest BCUT2D eigenvalue weighted by Gasteiger charge is -2.19. The number of carbonyl (C=O) groups excluding carboxylic acids is 1. The summed E-state index contributed by atoms with van der Waals surface area (Å²) in [6.07, 6.45) is -4.84. The largest absolute Gasteiger partial charge is 0.442 e. The zero-order valence-corrected chi connectivity index (χ0v) is 14.4. The van der Waals surface area contributed by atoms with Crippen LogP contribution in [0.3, 0.4) is 0 Å². The Labute approximate surface area is 143 Å². The normalized spacial score (nSPS) is 12.3. The van der Waals surface area contributed by atoms with Gasteiger partial charge in [-0.25, -0.2) is 4.79 Å². The van der Waals surface area contributed by atoms with E-state index in [1.165, 1.54) is 12.1 Å². The molecule has 1 heterocycles. The van der Waals surface area contributed by atoms with Crippen molar-refractivity contribution in [1.29, 1.82) is 0 Å². The molecule has 0 saturated heterocycles. The Bertz CT molecular complexity index is 789. The molecule has 2 rings (SSSR count). The number of hydrogen-bond acceptors (Lipinski definition) is 4. The molecule has 5 nitrogen and oxygen atoms in total. The van der Waals surface area contributed by atoms with E-state index in [-0.39, 0.29) is 16.9 Å². The SMILES string of the molecule is CCc1c(N)c(-c2cccc(C(F)(F)F)c2)nn1C(=O)OC(C)(C)C. The van der Waals surface area contributed by atoms with Gasteiger partial charge < -0.3 is 10.5 Å². The van der Waals surface area contributed by atoms with Crippen LogP contribution in [0, 0.1) is 0 Å². The van der Waals surface area contributed by atoms with E-state index >= 15 is 0 Å². The molecule has 1 aromatic carbocycles. The zero-order valence-electron chi connectivity index (χ0n) is 14.4. The Hall–Kier alpha value is -2.51. The molecular weight excluding hydrogens is 335 g/mol. The number of hydrogen-bond donors (Lipinski definition) is 1. The Morgan fingerprint density at radius 2 is 1.92 bits per heavy atom. The molecule has 0 unspecified atom stereocenters. The Balaban J connectivity index is 2.52. The molecule has 25 heavy (non-hydrogen) atoms. The molecule has 2 N–H and O–H groups in total. The van der Waals surface area contributed by atoms with Gasteiger partial charge in [-0.15, -0.1) is 0 Å². The number of nitrogens with two attached hydrogens (primary N) is 1. The highest BCUT2D eigenvalue weighted by molar-refractivity contribution is 5.80. The summed E-state index contributed by atoms with van der Waals surface area (Å²) < 4.78 is 45.0. The molecule has 0 amide bonds. The van der Waals surface area contributed by atoms with E-state index in [0.717, 1.165) is 16.8 Å². The van der Waals surface area contributed by atoms with Gasteiger partial charge in [-0.3, -0.25) is 0 Å². The first-order valence-corrected chi connectivity index (χ1v) is 7.72. The lowest BCUT2D eigenvalue weighted by molar-refractivity contribution is -0.137. The minimum atomic E-state index is -4.48. The van der Waals surface area contributed by atoms with Crippen LogP contribution < -0.4 is 5.73 Å². The molecule has 0 bridgehead atoms. The van der Waals surface area contributed by atoms with Gasteiger partial charge in [-0.1, -0.05) is 19.1 Å². The van der Waals surface area contributed by atoms with Gasteiger partial charge in [0, 0.05) is 5.56 Å². The van der Waals surface area contributed by atoms with E-state index in [9.17, 15) is 18.0 Å². The third kappa shape index (κ3) is 4.12. The fourth-order valence-electron chi connectivity index (χ4n) is 2.32. The van der Waals surface area contributed by atoms with Gasteiger partial charge in [0.15, 0.2) is 0 Å². The molecule has 136 valence electrons. The van der Waals surface area contributed by atoms with Crippen LogP contribution in [0.1, 0.15) is 39.0 Å². The second-order valence-corrected chi connectivity index (χ2v) is 6.53. The molecular formula is C17H20F3N3O2. The third-order valence-electron chi connectivity index (χ3n) is 3.39. The molecule has 0 atom stereocenters. The van der Waals surface area contributed by atoms with E-state index in [1.54, 1.807) is 27.7 Å². The van der Waals surface area contributed by atoms with Gasteiger partial charge in [-0.05, 0) is 39.3 Å². The number of halogens is 3. The predicted octanol–water partition coefficient (Wildman–Crippen LogP) is 4.50. The number of carbonyl (C=O) groups is 1. The summed E-state index contributed by atoms with van der Waals surface area (Å²) in [4.78, 5) is 12.3. The van der Waals surface area contributed by atoms with Crippen LogP contribution in [0.25, 0.3) is 11.3 Å². The monoisotopic (exact) mass is 355 g/mol. The van der Waals surface area contributed by atoms with Crippen molar-refractivity contribution in [3.63, 3.8) is 0 Å². The number of nitrogen functional groups attached to an aromatic ring is 1. The van der Waals surface area contributed by atoms with Crippen molar-refractivity contribution in [2.45, 2.75) is 45.9 Å². The molecule has 0 spiro atoms. The summed E-state index contributed by atoms with van der Waals surface area (Å²) in [7, 11) is 0. The van der Waals surface area contributed by atoms with Gasteiger partial charge in [0.2, 0.25) is 0 Å². The molecule has 0 aliphatic heterocycles. The zero-order chi connectivity index (χ0) is 19.0. The van der Waals surface area contributed by atoms with Crippen molar-refractivity contribution in [2.24, 2.45) is 0 Å². The van der Waals surface area contributed by atoms with Gasteiger partial charge in [0.05, 0.1) is 16.9 Å². The third-order valence-corrected chi connectivity index (χ3v) is 3.39. The maximum absolute atomic E-state index is 12.9. The quantitative estimate of drug-likeness (QED) is 0.861. The van der Waals surface area contributed by atoms with Gasteiger partial charge in [-0.2, -0.15) is 23.0 Å². The molecule has 0 saturated carbocycles. The van der Waals surface area contributed by atoms with Crippen molar-refractivity contribution in [3.8, 4) is 11.3 Å². The van der Waals surface area contributed by atoms with Crippen molar-refractivity contribution >= 4 is 11.8 Å². The number of ether oxygens (including phenoxy) is 1. The summed E-state index contributed by atoms with van der Waals surface area (Å²) in [6.45, 7) is 6.88. The summed E-state index contributed by atoms with van der Waals surface area (Å²) in [5, 5.41) is 4.11. The smallest absolute Gasteiger partial charge is 0.435 e. The molecule has 0 fully saturated rings. The second-order valence-electron chi connectivity index (χ2n) is 6.53.